The quantitative estimate of drug-likeness (QED) is 0.241. The molecule has 0 aromatic heterocycles. The standard InChI is InChI=1S/C33H39Cl2N3O4S/c1-22(2)26-12-14-28(15-13-26)38(43(41,42)29-16-9-23(3)10-17-29)21-32(39)37(20-25-11-18-30(34)31(35)19-25)24(4)33(40)36-27-7-5-6-8-27/h9-19,22,24,27H,5-8,20-21H2,1-4H3,(H,36,40). The third-order valence-corrected chi connectivity index (χ3v) is 10.5. The Labute approximate surface area is 265 Å². The maximum atomic E-state index is 14.2. The van der Waals surface area contributed by atoms with Crippen molar-refractivity contribution in [2.75, 3.05) is 10.8 Å². The maximum absolute atomic E-state index is 14.2. The number of carbonyl (C=O) groups is 2. The molecule has 1 aliphatic carbocycles. The summed E-state index contributed by atoms with van der Waals surface area (Å²) in [4.78, 5) is 29.0. The van der Waals surface area contributed by atoms with E-state index in [2.05, 4.69) is 19.2 Å². The second kappa shape index (κ2) is 14.1. The molecule has 230 valence electrons. The highest BCUT2D eigenvalue weighted by atomic mass is 35.5. The monoisotopic (exact) mass is 643 g/mol. The van der Waals surface area contributed by atoms with Gasteiger partial charge in [0.1, 0.15) is 12.6 Å². The Hall–Kier alpha value is -3.07. The lowest BCUT2D eigenvalue weighted by molar-refractivity contribution is -0.139. The number of hydrogen-bond acceptors (Lipinski definition) is 4. The number of halogens is 2. The van der Waals surface area contributed by atoms with E-state index in [0.29, 0.717) is 21.3 Å². The molecule has 43 heavy (non-hydrogen) atoms. The van der Waals surface area contributed by atoms with Gasteiger partial charge < -0.3 is 10.2 Å². The molecule has 0 saturated heterocycles. The van der Waals surface area contributed by atoms with Gasteiger partial charge >= 0.3 is 0 Å². The van der Waals surface area contributed by atoms with Crippen molar-refractivity contribution in [3.05, 3.63) is 93.5 Å². The molecule has 1 N–H and O–H groups in total. The molecule has 1 unspecified atom stereocenters. The molecule has 0 spiro atoms. The molecule has 7 nitrogen and oxygen atoms in total. The molecule has 1 atom stereocenters. The topological polar surface area (TPSA) is 86.8 Å². The molecule has 10 heteroatoms. The summed E-state index contributed by atoms with van der Waals surface area (Å²) < 4.78 is 29.2. The van der Waals surface area contributed by atoms with E-state index in [1.165, 1.54) is 17.0 Å². The fourth-order valence-corrected chi connectivity index (χ4v) is 6.94. The molecular weight excluding hydrogens is 605 g/mol. The summed E-state index contributed by atoms with van der Waals surface area (Å²) in [6.07, 6.45) is 3.89. The van der Waals surface area contributed by atoms with Crippen LogP contribution in [-0.2, 0) is 26.2 Å². The summed E-state index contributed by atoms with van der Waals surface area (Å²) in [5, 5.41) is 3.77. The molecule has 4 rings (SSSR count). The van der Waals surface area contributed by atoms with Crippen LogP contribution in [0.25, 0.3) is 0 Å². The van der Waals surface area contributed by atoms with Gasteiger partial charge in [-0.25, -0.2) is 8.42 Å². The fraction of sp³-hybridized carbons (Fsp3) is 0.394. The summed E-state index contributed by atoms with van der Waals surface area (Å²) in [7, 11) is -4.14. The van der Waals surface area contributed by atoms with Gasteiger partial charge in [0.2, 0.25) is 11.8 Å². The lowest BCUT2D eigenvalue weighted by atomic mass is 10.0. The average molecular weight is 645 g/mol. The van der Waals surface area contributed by atoms with Gasteiger partial charge in [-0.05, 0) is 80.1 Å². The lowest BCUT2D eigenvalue weighted by Crippen LogP contribution is -2.52. The minimum Gasteiger partial charge on any atom is -0.352 e. The Balaban J connectivity index is 1.71. The van der Waals surface area contributed by atoms with E-state index >= 15 is 0 Å². The van der Waals surface area contributed by atoms with E-state index < -0.39 is 28.5 Å². The van der Waals surface area contributed by atoms with Crippen LogP contribution in [0.1, 0.15) is 69.1 Å². The first-order chi connectivity index (χ1) is 20.4. The van der Waals surface area contributed by atoms with Crippen LogP contribution in [0.4, 0.5) is 5.69 Å². The first-order valence-corrected chi connectivity index (χ1v) is 16.8. The summed E-state index contributed by atoms with van der Waals surface area (Å²) >= 11 is 12.4. The molecule has 0 radical (unpaired) electrons. The van der Waals surface area contributed by atoms with Crippen molar-refractivity contribution in [2.45, 2.75) is 82.8 Å². The van der Waals surface area contributed by atoms with Crippen LogP contribution < -0.4 is 9.62 Å². The van der Waals surface area contributed by atoms with Crippen LogP contribution in [0.15, 0.2) is 71.6 Å². The second-order valence-electron chi connectivity index (χ2n) is 11.5. The van der Waals surface area contributed by atoms with Crippen LogP contribution in [0, 0.1) is 6.92 Å². The number of aryl methyl sites for hydroxylation is 1. The van der Waals surface area contributed by atoms with E-state index in [9.17, 15) is 18.0 Å². The van der Waals surface area contributed by atoms with Gasteiger partial charge in [0.15, 0.2) is 0 Å². The number of anilines is 1. The molecule has 1 saturated carbocycles. The molecular formula is C33H39Cl2N3O4S. The zero-order valence-electron chi connectivity index (χ0n) is 25.0. The SMILES string of the molecule is Cc1ccc(S(=O)(=O)N(CC(=O)N(Cc2ccc(Cl)c(Cl)c2)C(C)C(=O)NC2CCCC2)c2ccc(C(C)C)cc2)cc1. The van der Waals surface area contributed by atoms with Crippen LogP contribution >= 0.6 is 23.2 Å². The predicted octanol–water partition coefficient (Wildman–Crippen LogP) is 7.10. The molecule has 2 amide bonds. The van der Waals surface area contributed by atoms with Gasteiger partial charge in [0.05, 0.1) is 20.6 Å². The van der Waals surface area contributed by atoms with Crippen molar-refractivity contribution in [2.24, 2.45) is 0 Å². The zero-order valence-corrected chi connectivity index (χ0v) is 27.3. The summed E-state index contributed by atoms with van der Waals surface area (Å²) in [6.45, 7) is 7.19. The highest BCUT2D eigenvalue weighted by Crippen LogP contribution is 2.28. The van der Waals surface area contributed by atoms with Gasteiger partial charge in [-0.2, -0.15) is 0 Å². The van der Waals surface area contributed by atoms with Gasteiger partial charge in [-0.1, -0.05) is 85.8 Å². The van der Waals surface area contributed by atoms with Crippen LogP contribution in [-0.4, -0.2) is 43.8 Å². The largest absolute Gasteiger partial charge is 0.352 e. The third kappa shape index (κ3) is 8.11. The number of sulfonamides is 1. The van der Waals surface area contributed by atoms with Crippen molar-refractivity contribution in [1.82, 2.24) is 10.2 Å². The number of hydrogen-bond donors (Lipinski definition) is 1. The van der Waals surface area contributed by atoms with Crippen molar-refractivity contribution in [1.29, 1.82) is 0 Å². The maximum Gasteiger partial charge on any atom is 0.264 e. The predicted molar refractivity (Wildman–Crippen MR) is 173 cm³/mol. The molecule has 1 fully saturated rings. The summed E-state index contributed by atoms with van der Waals surface area (Å²) in [5.41, 5.74) is 2.98. The zero-order chi connectivity index (χ0) is 31.3. The number of nitrogens with zero attached hydrogens (tertiary/aromatic N) is 2. The first kappa shape index (κ1) is 32.8. The summed E-state index contributed by atoms with van der Waals surface area (Å²) in [5.74, 6) is -0.558. The van der Waals surface area contributed by atoms with Gasteiger partial charge in [0, 0.05) is 12.6 Å². The number of nitrogens with one attached hydrogen (secondary N) is 1. The lowest BCUT2D eigenvalue weighted by Gasteiger charge is -2.32. The Morgan fingerprint density at radius 3 is 2.12 bits per heavy atom. The highest BCUT2D eigenvalue weighted by Gasteiger charge is 2.33. The summed E-state index contributed by atoms with van der Waals surface area (Å²) in [6, 6.07) is 17.9. The van der Waals surface area contributed by atoms with Crippen molar-refractivity contribution in [3.8, 4) is 0 Å². The van der Waals surface area contributed by atoms with E-state index in [1.54, 1.807) is 49.4 Å². The number of rotatable bonds is 11. The molecule has 3 aromatic carbocycles. The molecule has 0 bridgehead atoms. The molecule has 1 aliphatic rings. The van der Waals surface area contributed by atoms with Crippen molar-refractivity contribution >= 4 is 50.7 Å². The Morgan fingerprint density at radius 2 is 1.53 bits per heavy atom. The Kier molecular flexibility index (Phi) is 10.8. The molecule has 0 aliphatic heterocycles. The van der Waals surface area contributed by atoms with Crippen molar-refractivity contribution in [3.63, 3.8) is 0 Å². The Morgan fingerprint density at radius 1 is 0.907 bits per heavy atom. The van der Waals surface area contributed by atoms with Crippen LogP contribution in [0.5, 0.6) is 0 Å². The van der Waals surface area contributed by atoms with Gasteiger partial charge in [-0.15, -0.1) is 0 Å². The van der Waals surface area contributed by atoms with Crippen molar-refractivity contribution < 1.29 is 18.0 Å². The normalized spacial score (nSPS) is 14.5. The van der Waals surface area contributed by atoms with E-state index in [1.807, 2.05) is 19.1 Å². The molecule has 0 heterocycles. The number of amides is 2. The third-order valence-electron chi connectivity index (χ3n) is 7.94. The fourth-order valence-electron chi connectivity index (χ4n) is 5.20. The van der Waals surface area contributed by atoms with Gasteiger partial charge in [-0.3, -0.25) is 13.9 Å². The minimum atomic E-state index is -4.14. The smallest absolute Gasteiger partial charge is 0.264 e. The van der Waals surface area contributed by atoms with Crippen LogP contribution in [0.2, 0.25) is 10.0 Å². The first-order valence-electron chi connectivity index (χ1n) is 14.6. The molecule has 3 aromatic rings. The number of benzene rings is 3. The average Bonchev–Trinajstić information content (AvgIpc) is 3.49. The van der Waals surface area contributed by atoms with E-state index in [4.69, 9.17) is 23.2 Å². The number of carbonyl (C=O) groups excluding carboxylic acids is 2. The van der Waals surface area contributed by atoms with Gasteiger partial charge in [0.25, 0.3) is 10.0 Å². The van der Waals surface area contributed by atoms with E-state index in [0.717, 1.165) is 41.1 Å². The Bertz CT molecular complexity index is 1540. The van der Waals surface area contributed by atoms with E-state index in [-0.39, 0.29) is 29.3 Å². The second-order valence-corrected chi connectivity index (χ2v) is 14.2. The van der Waals surface area contributed by atoms with Crippen LogP contribution in [0.3, 0.4) is 0 Å². The highest BCUT2D eigenvalue weighted by molar-refractivity contribution is 7.92. The minimum absolute atomic E-state index is 0.0414.